The first-order valence-electron chi connectivity index (χ1n) is 6.73. The molecular weight excluding hydrogens is 238 g/mol. The summed E-state index contributed by atoms with van der Waals surface area (Å²) in [4.78, 5) is 0. The van der Waals surface area contributed by atoms with E-state index in [2.05, 4.69) is 36.5 Å². The Kier molecular flexibility index (Phi) is 7.23. The van der Waals surface area contributed by atoms with Crippen molar-refractivity contribution in [3.63, 3.8) is 0 Å². The molecule has 1 aromatic carbocycles. The standard InChI is InChI=1S/C16H25NO2/c1-5-6-7-10-17-13(2)14-8-9-16(19-4)15(11-14)12-18-3/h5-6,8-9,11,13,17H,7,10,12H2,1-4H3/b6-5+. The molecule has 0 aliphatic heterocycles. The molecule has 0 saturated carbocycles. The lowest BCUT2D eigenvalue weighted by molar-refractivity contribution is 0.181. The molecule has 0 fully saturated rings. The summed E-state index contributed by atoms with van der Waals surface area (Å²) in [6.45, 7) is 5.78. The molecule has 0 aliphatic carbocycles. The molecule has 0 aromatic heterocycles. The fourth-order valence-corrected chi connectivity index (χ4v) is 2.00. The van der Waals surface area contributed by atoms with E-state index in [-0.39, 0.29) is 0 Å². The van der Waals surface area contributed by atoms with Gasteiger partial charge in [-0.3, -0.25) is 0 Å². The van der Waals surface area contributed by atoms with Crippen LogP contribution in [0, 0.1) is 0 Å². The molecule has 3 nitrogen and oxygen atoms in total. The third kappa shape index (κ3) is 5.05. The molecule has 1 rings (SSSR count). The highest BCUT2D eigenvalue weighted by molar-refractivity contribution is 5.38. The zero-order valence-electron chi connectivity index (χ0n) is 12.4. The maximum atomic E-state index is 5.34. The Balaban J connectivity index is 2.68. The van der Waals surface area contributed by atoms with Crippen LogP contribution < -0.4 is 10.1 Å². The van der Waals surface area contributed by atoms with E-state index < -0.39 is 0 Å². The van der Waals surface area contributed by atoms with Crippen LogP contribution in [-0.2, 0) is 11.3 Å². The molecular formula is C16H25NO2. The Morgan fingerprint density at radius 2 is 2.11 bits per heavy atom. The highest BCUT2D eigenvalue weighted by Crippen LogP contribution is 2.23. The summed E-state index contributed by atoms with van der Waals surface area (Å²) < 4.78 is 10.5. The lowest BCUT2D eigenvalue weighted by atomic mass is 10.0. The number of nitrogens with one attached hydrogen (secondary N) is 1. The summed E-state index contributed by atoms with van der Waals surface area (Å²) in [5, 5.41) is 3.51. The van der Waals surface area contributed by atoms with Crippen molar-refractivity contribution in [3.8, 4) is 5.75 Å². The summed E-state index contributed by atoms with van der Waals surface area (Å²) >= 11 is 0. The molecule has 0 radical (unpaired) electrons. The van der Waals surface area contributed by atoms with Gasteiger partial charge in [0.2, 0.25) is 0 Å². The summed E-state index contributed by atoms with van der Waals surface area (Å²) in [5.74, 6) is 0.881. The molecule has 0 amide bonds. The third-order valence-corrected chi connectivity index (χ3v) is 3.10. The van der Waals surface area contributed by atoms with Crippen LogP contribution in [0.2, 0.25) is 0 Å². The summed E-state index contributed by atoms with van der Waals surface area (Å²) in [6.07, 6.45) is 5.31. The van der Waals surface area contributed by atoms with E-state index in [1.54, 1.807) is 14.2 Å². The minimum atomic E-state index is 0.326. The summed E-state index contributed by atoms with van der Waals surface area (Å²) in [7, 11) is 3.39. The maximum Gasteiger partial charge on any atom is 0.124 e. The fourth-order valence-electron chi connectivity index (χ4n) is 2.00. The number of rotatable bonds is 8. The number of benzene rings is 1. The van der Waals surface area contributed by atoms with Crippen molar-refractivity contribution >= 4 is 0 Å². The van der Waals surface area contributed by atoms with Gasteiger partial charge in [0.25, 0.3) is 0 Å². The zero-order valence-corrected chi connectivity index (χ0v) is 12.4. The van der Waals surface area contributed by atoms with Crippen LogP contribution in [0.5, 0.6) is 5.75 Å². The topological polar surface area (TPSA) is 30.5 Å². The third-order valence-electron chi connectivity index (χ3n) is 3.10. The van der Waals surface area contributed by atoms with Crippen LogP contribution in [-0.4, -0.2) is 20.8 Å². The molecule has 1 aromatic rings. The summed E-state index contributed by atoms with van der Waals surface area (Å²) in [5.41, 5.74) is 2.35. The largest absolute Gasteiger partial charge is 0.496 e. The minimum Gasteiger partial charge on any atom is -0.496 e. The van der Waals surface area contributed by atoms with E-state index in [1.165, 1.54) is 5.56 Å². The van der Waals surface area contributed by atoms with E-state index in [9.17, 15) is 0 Å². The SMILES string of the molecule is C/C=C/CCNC(C)c1ccc(OC)c(COC)c1. The second-order valence-corrected chi connectivity index (χ2v) is 4.54. The molecule has 0 saturated heterocycles. The molecule has 19 heavy (non-hydrogen) atoms. The van der Waals surface area contributed by atoms with Gasteiger partial charge in [0, 0.05) is 18.7 Å². The number of hydrogen-bond acceptors (Lipinski definition) is 3. The lowest BCUT2D eigenvalue weighted by Crippen LogP contribution is -2.19. The Hall–Kier alpha value is -1.32. The maximum absolute atomic E-state index is 5.34. The lowest BCUT2D eigenvalue weighted by Gasteiger charge is -2.16. The Morgan fingerprint density at radius 3 is 2.74 bits per heavy atom. The van der Waals surface area contributed by atoms with Gasteiger partial charge in [-0.1, -0.05) is 18.2 Å². The van der Waals surface area contributed by atoms with Crippen molar-refractivity contribution in [3.05, 3.63) is 41.5 Å². The van der Waals surface area contributed by atoms with Crippen LogP contribution in [0.15, 0.2) is 30.4 Å². The van der Waals surface area contributed by atoms with Gasteiger partial charge in [-0.15, -0.1) is 0 Å². The zero-order chi connectivity index (χ0) is 14.1. The van der Waals surface area contributed by atoms with Gasteiger partial charge in [0.15, 0.2) is 0 Å². The Labute approximate surface area is 116 Å². The quantitative estimate of drug-likeness (QED) is 0.575. The molecule has 1 unspecified atom stereocenters. The number of methoxy groups -OCH3 is 2. The van der Waals surface area contributed by atoms with E-state index in [0.29, 0.717) is 12.6 Å². The van der Waals surface area contributed by atoms with E-state index in [1.807, 2.05) is 13.0 Å². The number of hydrogen-bond donors (Lipinski definition) is 1. The fraction of sp³-hybridized carbons (Fsp3) is 0.500. The average molecular weight is 263 g/mol. The first kappa shape index (κ1) is 15.7. The van der Waals surface area contributed by atoms with E-state index in [0.717, 1.165) is 24.3 Å². The Bertz CT molecular complexity index is 402. The molecule has 0 bridgehead atoms. The van der Waals surface area contributed by atoms with Crippen molar-refractivity contribution in [2.45, 2.75) is 32.9 Å². The molecule has 3 heteroatoms. The molecule has 0 heterocycles. The number of allylic oxidation sites excluding steroid dienone is 1. The van der Waals surface area contributed by atoms with Crippen molar-refractivity contribution in [1.29, 1.82) is 0 Å². The van der Waals surface area contributed by atoms with Gasteiger partial charge in [-0.05, 0) is 44.5 Å². The van der Waals surface area contributed by atoms with Gasteiger partial charge in [-0.2, -0.15) is 0 Å². The van der Waals surface area contributed by atoms with Crippen LogP contribution >= 0.6 is 0 Å². The number of ether oxygens (including phenoxy) is 2. The van der Waals surface area contributed by atoms with Gasteiger partial charge in [0.05, 0.1) is 13.7 Å². The monoisotopic (exact) mass is 263 g/mol. The molecule has 106 valence electrons. The Morgan fingerprint density at radius 1 is 1.32 bits per heavy atom. The average Bonchev–Trinajstić information content (AvgIpc) is 2.43. The van der Waals surface area contributed by atoms with Crippen molar-refractivity contribution in [2.75, 3.05) is 20.8 Å². The predicted octanol–water partition coefficient (Wildman–Crippen LogP) is 3.46. The first-order valence-corrected chi connectivity index (χ1v) is 6.73. The van der Waals surface area contributed by atoms with Gasteiger partial charge >= 0.3 is 0 Å². The van der Waals surface area contributed by atoms with Gasteiger partial charge in [0.1, 0.15) is 5.75 Å². The molecule has 1 atom stereocenters. The van der Waals surface area contributed by atoms with Gasteiger partial charge in [-0.25, -0.2) is 0 Å². The normalized spacial score (nSPS) is 12.8. The minimum absolute atomic E-state index is 0.326. The second kappa shape index (κ2) is 8.73. The van der Waals surface area contributed by atoms with E-state index in [4.69, 9.17) is 9.47 Å². The van der Waals surface area contributed by atoms with Crippen molar-refractivity contribution in [1.82, 2.24) is 5.32 Å². The van der Waals surface area contributed by atoms with E-state index >= 15 is 0 Å². The molecule has 0 spiro atoms. The molecule has 1 N–H and O–H groups in total. The second-order valence-electron chi connectivity index (χ2n) is 4.54. The smallest absolute Gasteiger partial charge is 0.124 e. The first-order chi connectivity index (χ1) is 9.22. The predicted molar refractivity (Wildman–Crippen MR) is 79.6 cm³/mol. The van der Waals surface area contributed by atoms with Crippen LogP contribution in [0.25, 0.3) is 0 Å². The summed E-state index contributed by atoms with van der Waals surface area (Å²) in [6, 6.07) is 6.58. The van der Waals surface area contributed by atoms with Crippen LogP contribution in [0.3, 0.4) is 0 Å². The van der Waals surface area contributed by atoms with Crippen molar-refractivity contribution in [2.24, 2.45) is 0 Å². The van der Waals surface area contributed by atoms with Crippen LogP contribution in [0.4, 0.5) is 0 Å². The van der Waals surface area contributed by atoms with Gasteiger partial charge < -0.3 is 14.8 Å². The molecule has 0 aliphatic rings. The van der Waals surface area contributed by atoms with Crippen molar-refractivity contribution < 1.29 is 9.47 Å². The van der Waals surface area contributed by atoms with Crippen LogP contribution in [0.1, 0.15) is 37.4 Å². The highest BCUT2D eigenvalue weighted by atomic mass is 16.5. The highest BCUT2D eigenvalue weighted by Gasteiger charge is 2.09.